The van der Waals surface area contributed by atoms with Crippen LogP contribution in [0.5, 0.6) is 0 Å². The van der Waals surface area contributed by atoms with Crippen LogP contribution >= 0.6 is 0 Å². The Hall–Kier alpha value is -10.8. The van der Waals surface area contributed by atoms with Crippen molar-refractivity contribution >= 4 is 143 Å². The van der Waals surface area contributed by atoms with E-state index in [1.54, 1.807) is 0 Å². The first-order valence-corrected chi connectivity index (χ1v) is 28.1. The number of furan rings is 2. The van der Waals surface area contributed by atoms with E-state index in [1.807, 2.05) is 0 Å². The van der Waals surface area contributed by atoms with Gasteiger partial charge in [0.25, 0.3) is 0 Å². The van der Waals surface area contributed by atoms with Gasteiger partial charge in [0, 0.05) is 77.2 Å². The van der Waals surface area contributed by atoms with Crippen molar-refractivity contribution in [3.05, 3.63) is 278 Å². The lowest BCUT2D eigenvalue weighted by atomic mass is 10.0. The summed E-state index contributed by atoms with van der Waals surface area (Å²) in [5.41, 5.74) is 19.0. The molecule has 6 nitrogen and oxygen atoms in total. The van der Waals surface area contributed by atoms with E-state index in [1.165, 1.54) is 43.7 Å². The van der Waals surface area contributed by atoms with Crippen molar-refractivity contribution in [2.45, 2.75) is 13.8 Å². The summed E-state index contributed by atoms with van der Waals surface area (Å²) in [6.07, 6.45) is 0. The summed E-state index contributed by atoms with van der Waals surface area (Å²) in [7, 11) is 0. The van der Waals surface area contributed by atoms with Crippen molar-refractivity contribution in [1.29, 1.82) is 0 Å². The minimum Gasteiger partial charge on any atom is -0.452 e. The van der Waals surface area contributed by atoms with Crippen molar-refractivity contribution in [2.75, 3.05) is 9.80 Å². The number of fused-ring (bicyclic) bond motifs is 15. The number of aryl methyl sites for hydroxylation is 2. The van der Waals surface area contributed by atoms with Crippen LogP contribution < -0.4 is 9.80 Å². The summed E-state index contributed by atoms with van der Waals surface area (Å²) in [4.78, 5) is 4.86. The number of benzene rings is 13. The highest BCUT2D eigenvalue weighted by Crippen LogP contribution is 2.49. The molecular weight excluding hydrogens is 1000 g/mol. The molecule has 0 spiro atoms. The first-order valence-electron chi connectivity index (χ1n) is 28.1. The number of hydrogen-bond donors (Lipinski definition) is 0. The van der Waals surface area contributed by atoms with E-state index >= 15 is 0 Å². The van der Waals surface area contributed by atoms with Crippen LogP contribution in [-0.2, 0) is 0 Å². The van der Waals surface area contributed by atoms with Crippen molar-refractivity contribution in [3.8, 4) is 11.4 Å². The molecule has 0 aliphatic rings. The SMILES string of the molecule is Cc1ccccc1N(c1ccc2cc3c(cc2c1)oc1c3ccc2c3cc4ccc(N(c5ccccc5C)c5cccc6c5c5ccccc5n6-c5ccccc5)cc4cc3oc21)c1cccc2c1c1ccccc1n2-c1ccccc1. The third-order valence-electron chi connectivity index (χ3n) is 17.1. The Kier molecular flexibility index (Phi) is 10.0. The van der Waals surface area contributed by atoms with E-state index in [2.05, 4.69) is 300 Å². The summed E-state index contributed by atoms with van der Waals surface area (Å²) in [6, 6.07) is 96.6. The number of aromatic nitrogens is 2. The fraction of sp³-hybridized carbons (Fsp3) is 0.0263. The highest BCUT2D eigenvalue weighted by Gasteiger charge is 2.25. The Morgan fingerprint density at radius 2 is 0.671 bits per heavy atom. The van der Waals surface area contributed by atoms with E-state index in [9.17, 15) is 0 Å². The van der Waals surface area contributed by atoms with Gasteiger partial charge in [-0.15, -0.1) is 0 Å². The summed E-state index contributed by atoms with van der Waals surface area (Å²) in [5, 5.41) is 13.4. The molecule has 0 fully saturated rings. The molecule has 0 radical (unpaired) electrons. The van der Waals surface area contributed by atoms with Crippen molar-refractivity contribution in [1.82, 2.24) is 9.13 Å². The van der Waals surface area contributed by atoms with Gasteiger partial charge >= 0.3 is 0 Å². The lowest BCUT2D eigenvalue weighted by Gasteiger charge is -2.28. The highest BCUT2D eigenvalue weighted by molar-refractivity contribution is 6.23. The van der Waals surface area contributed by atoms with Crippen LogP contribution in [0.25, 0.3) is 120 Å². The second-order valence-electron chi connectivity index (χ2n) is 21.7. The Balaban J connectivity index is 0.800. The molecular formula is C76H50N4O2. The van der Waals surface area contributed by atoms with Crippen molar-refractivity contribution in [2.24, 2.45) is 0 Å². The van der Waals surface area contributed by atoms with Gasteiger partial charge in [0.05, 0.1) is 33.4 Å². The first kappa shape index (κ1) is 46.1. The molecule has 0 aliphatic carbocycles. The predicted octanol–water partition coefficient (Wildman–Crippen LogP) is 21.5. The predicted molar refractivity (Wildman–Crippen MR) is 344 cm³/mol. The van der Waals surface area contributed by atoms with Crippen LogP contribution in [-0.4, -0.2) is 9.13 Å². The van der Waals surface area contributed by atoms with Gasteiger partial charge in [-0.3, -0.25) is 0 Å². The molecule has 386 valence electrons. The zero-order chi connectivity index (χ0) is 54.2. The van der Waals surface area contributed by atoms with Crippen LogP contribution in [0, 0.1) is 13.8 Å². The molecule has 82 heavy (non-hydrogen) atoms. The average molecular weight is 1050 g/mol. The van der Waals surface area contributed by atoms with E-state index < -0.39 is 0 Å². The fourth-order valence-corrected chi connectivity index (χ4v) is 13.3. The second-order valence-corrected chi connectivity index (χ2v) is 21.7. The van der Waals surface area contributed by atoms with Gasteiger partial charge in [0.2, 0.25) is 0 Å². The zero-order valence-electron chi connectivity index (χ0n) is 45.0. The number of para-hydroxylation sites is 6. The van der Waals surface area contributed by atoms with E-state index in [0.717, 1.165) is 122 Å². The normalized spacial score (nSPS) is 12.0. The summed E-state index contributed by atoms with van der Waals surface area (Å²) < 4.78 is 18.7. The van der Waals surface area contributed by atoms with Crippen molar-refractivity contribution in [3.63, 3.8) is 0 Å². The lowest BCUT2D eigenvalue weighted by molar-refractivity contribution is 0.634. The molecule has 0 N–H and O–H groups in total. The molecule has 13 aromatic carbocycles. The standard InChI is InChI=1S/C76H50N4O2/c1-47-19-9-13-27-63(47)79(69-33-17-31-67-73(69)59-25-11-15-29-65(59)77(67)53-21-5-3-6-22-53)55-37-35-49-43-61-57-39-40-58-62-44-50-36-38-56(42-52(50)46-72(62)82-76(58)75(57)81-71(61)45-51(49)41-55)80(64-28-14-10-20-48(64)2)70-34-18-32-68-74(70)60-26-12-16-30-66(60)78(68)54-23-7-4-8-24-54/h3-46H,1-2H3. The molecule has 0 aliphatic heterocycles. The lowest BCUT2D eigenvalue weighted by Crippen LogP contribution is -2.11. The summed E-state index contributed by atoms with van der Waals surface area (Å²) in [6.45, 7) is 4.39. The molecule has 17 aromatic rings. The third kappa shape index (κ3) is 6.88. The van der Waals surface area contributed by atoms with Gasteiger partial charge < -0.3 is 27.8 Å². The molecule has 4 heterocycles. The topological polar surface area (TPSA) is 42.6 Å². The van der Waals surface area contributed by atoms with Gasteiger partial charge in [0.15, 0.2) is 11.2 Å². The van der Waals surface area contributed by atoms with Crippen LogP contribution in [0.15, 0.2) is 276 Å². The monoisotopic (exact) mass is 1050 g/mol. The summed E-state index contributed by atoms with van der Waals surface area (Å²) in [5.74, 6) is 0. The van der Waals surface area contributed by atoms with E-state index in [0.29, 0.717) is 0 Å². The first-order chi connectivity index (χ1) is 40.5. The van der Waals surface area contributed by atoms with Crippen LogP contribution in [0.2, 0.25) is 0 Å². The minimum atomic E-state index is 0.750. The van der Waals surface area contributed by atoms with Gasteiger partial charge in [-0.05, 0) is 180 Å². The van der Waals surface area contributed by atoms with Crippen LogP contribution in [0.1, 0.15) is 11.1 Å². The Bertz CT molecular complexity index is 5110. The molecule has 0 atom stereocenters. The number of rotatable bonds is 8. The maximum atomic E-state index is 6.98. The van der Waals surface area contributed by atoms with Crippen molar-refractivity contribution < 1.29 is 8.83 Å². The number of anilines is 6. The molecule has 6 heteroatoms. The molecule has 4 aromatic heterocycles. The zero-order valence-corrected chi connectivity index (χ0v) is 45.0. The maximum Gasteiger partial charge on any atom is 0.178 e. The highest BCUT2D eigenvalue weighted by atomic mass is 16.4. The molecule has 0 saturated heterocycles. The molecule has 0 saturated carbocycles. The Morgan fingerprint density at radius 3 is 1.12 bits per heavy atom. The Labute approximate surface area is 471 Å². The molecule has 0 amide bonds. The van der Waals surface area contributed by atoms with Gasteiger partial charge in [-0.1, -0.05) is 133 Å². The quantitative estimate of drug-likeness (QED) is 0.152. The molecule has 17 rings (SSSR count). The molecule has 0 unspecified atom stereocenters. The van der Waals surface area contributed by atoms with Crippen LogP contribution in [0.4, 0.5) is 34.1 Å². The smallest absolute Gasteiger partial charge is 0.178 e. The number of hydrogen-bond acceptors (Lipinski definition) is 4. The largest absolute Gasteiger partial charge is 0.452 e. The Morgan fingerprint density at radius 1 is 0.280 bits per heavy atom. The fourth-order valence-electron chi connectivity index (χ4n) is 13.3. The number of nitrogens with zero attached hydrogens (tertiary/aromatic N) is 4. The third-order valence-corrected chi connectivity index (χ3v) is 17.1. The second kappa shape index (κ2) is 17.8. The summed E-state index contributed by atoms with van der Waals surface area (Å²) >= 11 is 0. The average Bonchev–Trinajstić information content (AvgIpc) is 3.83. The van der Waals surface area contributed by atoms with Crippen LogP contribution in [0.3, 0.4) is 0 Å². The molecule has 0 bridgehead atoms. The minimum absolute atomic E-state index is 0.750. The van der Waals surface area contributed by atoms with Gasteiger partial charge in [0.1, 0.15) is 11.2 Å². The van der Waals surface area contributed by atoms with E-state index in [4.69, 9.17) is 8.83 Å². The maximum absolute atomic E-state index is 6.98. The van der Waals surface area contributed by atoms with Gasteiger partial charge in [-0.2, -0.15) is 0 Å². The van der Waals surface area contributed by atoms with E-state index in [-0.39, 0.29) is 0 Å². The van der Waals surface area contributed by atoms with Gasteiger partial charge in [-0.25, -0.2) is 0 Å².